The fraction of sp³-hybridized carbons (Fsp3) is 0.0667. The zero-order chi connectivity index (χ0) is 14.1. The lowest BCUT2D eigenvalue weighted by Gasteiger charge is -1.98. The molecule has 0 saturated carbocycles. The summed E-state index contributed by atoms with van der Waals surface area (Å²) in [5.74, 6) is 0.329. The SMILES string of the molecule is Cc1cc(-c2cc(-c3cncc(Cl)c3)no2)ccc1F. The Hall–Kier alpha value is -2.20. The van der Waals surface area contributed by atoms with Crippen LogP contribution in [0.25, 0.3) is 22.6 Å². The summed E-state index contributed by atoms with van der Waals surface area (Å²) in [5.41, 5.74) is 2.74. The minimum atomic E-state index is -0.243. The summed E-state index contributed by atoms with van der Waals surface area (Å²) in [7, 11) is 0. The molecule has 0 atom stereocenters. The third-order valence-corrected chi connectivity index (χ3v) is 3.16. The Labute approximate surface area is 120 Å². The van der Waals surface area contributed by atoms with Gasteiger partial charge < -0.3 is 4.52 Å². The summed E-state index contributed by atoms with van der Waals surface area (Å²) >= 11 is 5.89. The van der Waals surface area contributed by atoms with Crippen LogP contribution in [0, 0.1) is 12.7 Å². The summed E-state index contributed by atoms with van der Waals surface area (Å²) in [5, 5.41) is 4.52. The van der Waals surface area contributed by atoms with Crippen LogP contribution < -0.4 is 0 Å². The summed E-state index contributed by atoms with van der Waals surface area (Å²) in [6.07, 6.45) is 3.21. The van der Waals surface area contributed by atoms with E-state index in [1.165, 1.54) is 6.07 Å². The largest absolute Gasteiger partial charge is 0.356 e. The van der Waals surface area contributed by atoms with Gasteiger partial charge in [-0.1, -0.05) is 16.8 Å². The van der Waals surface area contributed by atoms with Crippen LogP contribution in [0.3, 0.4) is 0 Å². The lowest BCUT2D eigenvalue weighted by atomic mass is 10.1. The summed E-state index contributed by atoms with van der Waals surface area (Å²) < 4.78 is 18.6. The zero-order valence-electron chi connectivity index (χ0n) is 10.6. The molecule has 0 aliphatic carbocycles. The van der Waals surface area contributed by atoms with Crippen LogP contribution in [0.15, 0.2) is 47.2 Å². The molecular formula is C15H10ClFN2O. The molecule has 1 aromatic carbocycles. The highest BCUT2D eigenvalue weighted by atomic mass is 35.5. The van der Waals surface area contributed by atoms with E-state index in [-0.39, 0.29) is 5.82 Å². The van der Waals surface area contributed by atoms with Gasteiger partial charge in [0.1, 0.15) is 11.5 Å². The molecule has 2 aromatic heterocycles. The highest BCUT2D eigenvalue weighted by molar-refractivity contribution is 6.30. The molecule has 0 bridgehead atoms. The second-order valence-electron chi connectivity index (χ2n) is 4.43. The Morgan fingerprint density at radius 1 is 1.10 bits per heavy atom. The van der Waals surface area contributed by atoms with Crippen molar-refractivity contribution in [3.05, 3.63) is 59.1 Å². The monoisotopic (exact) mass is 288 g/mol. The number of hydrogen-bond acceptors (Lipinski definition) is 3. The van der Waals surface area contributed by atoms with E-state index in [0.29, 0.717) is 22.0 Å². The van der Waals surface area contributed by atoms with Crippen molar-refractivity contribution in [2.75, 3.05) is 0 Å². The van der Waals surface area contributed by atoms with Gasteiger partial charge in [0, 0.05) is 29.6 Å². The van der Waals surface area contributed by atoms with Crippen LogP contribution in [0.5, 0.6) is 0 Å². The summed E-state index contributed by atoms with van der Waals surface area (Å²) in [6, 6.07) is 8.32. The number of rotatable bonds is 2. The van der Waals surface area contributed by atoms with E-state index in [4.69, 9.17) is 16.1 Å². The van der Waals surface area contributed by atoms with Crippen LogP contribution in [0.4, 0.5) is 4.39 Å². The predicted molar refractivity (Wildman–Crippen MR) is 74.9 cm³/mol. The average molecular weight is 289 g/mol. The molecule has 20 heavy (non-hydrogen) atoms. The van der Waals surface area contributed by atoms with Crippen molar-refractivity contribution in [2.45, 2.75) is 6.92 Å². The first-order valence-corrected chi connectivity index (χ1v) is 6.35. The normalized spacial score (nSPS) is 10.8. The van der Waals surface area contributed by atoms with E-state index in [9.17, 15) is 4.39 Å². The van der Waals surface area contributed by atoms with Gasteiger partial charge in [-0.05, 0) is 36.8 Å². The Morgan fingerprint density at radius 3 is 2.70 bits per heavy atom. The van der Waals surface area contributed by atoms with Crippen molar-refractivity contribution in [1.82, 2.24) is 10.1 Å². The number of pyridine rings is 1. The van der Waals surface area contributed by atoms with Gasteiger partial charge in [0.05, 0.1) is 5.02 Å². The number of aromatic nitrogens is 2. The van der Waals surface area contributed by atoms with Gasteiger partial charge in [0.25, 0.3) is 0 Å². The fourth-order valence-electron chi connectivity index (χ4n) is 1.90. The van der Waals surface area contributed by atoms with E-state index in [1.807, 2.05) is 0 Å². The summed E-state index contributed by atoms with van der Waals surface area (Å²) in [4.78, 5) is 4.01. The van der Waals surface area contributed by atoms with Crippen LogP contribution in [0.2, 0.25) is 5.02 Å². The van der Waals surface area contributed by atoms with Gasteiger partial charge in [-0.25, -0.2) is 4.39 Å². The molecule has 0 spiro atoms. The minimum absolute atomic E-state index is 0.243. The third-order valence-electron chi connectivity index (χ3n) is 2.95. The Morgan fingerprint density at radius 2 is 1.95 bits per heavy atom. The van der Waals surface area contributed by atoms with Crippen molar-refractivity contribution in [1.29, 1.82) is 0 Å². The molecule has 3 rings (SSSR count). The number of hydrogen-bond donors (Lipinski definition) is 0. The first kappa shape index (κ1) is 12.8. The highest BCUT2D eigenvalue weighted by Gasteiger charge is 2.10. The standard InChI is InChI=1S/C15H10ClFN2O/c1-9-4-10(2-3-13(9)17)15-6-14(19-20-15)11-5-12(16)8-18-7-11/h2-8H,1H3. The molecule has 2 heterocycles. The molecule has 0 aliphatic rings. The molecule has 0 aliphatic heterocycles. The first-order valence-electron chi connectivity index (χ1n) is 5.97. The lowest BCUT2D eigenvalue weighted by Crippen LogP contribution is -1.82. The molecule has 0 fully saturated rings. The van der Waals surface area contributed by atoms with Crippen molar-refractivity contribution in [3.8, 4) is 22.6 Å². The smallest absolute Gasteiger partial charge is 0.167 e. The second kappa shape index (κ2) is 5.06. The number of halogens is 2. The molecule has 0 N–H and O–H groups in total. The van der Waals surface area contributed by atoms with Crippen molar-refractivity contribution in [3.63, 3.8) is 0 Å². The van der Waals surface area contributed by atoms with Crippen LogP contribution in [-0.4, -0.2) is 10.1 Å². The van der Waals surface area contributed by atoms with Crippen LogP contribution in [-0.2, 0) is 0 Å². The third kappa shape index (κ3) is 2.42. The molecule has 0 radical (unpaired) electrons. The van der Waals surface area contributed by atoms with Crippen molar-refractivity contribution >= 4 is 11.6 Å². The molecule has 0 unspecified atom stereocenters. The summed E-state index contributed by atoms with van der Waals surface area (Å²) in [6.45, 7) is 1.71. The predicted octanol–water partition coefficient (Wildman–Crippen LogP) is 4.50. The molecule has 0 saturated heterocycles. The highest BCUT2D eigenvalue weighted by Crippen LogP contribution is 2.27. The maximum atomic E-state index is 13.3. The molecule has 0 amide bonds. The Kier molecular flexibility index (Phi) is 3.24. The van der Waals surface area contributed by atoms with Gasteiger partial charge in [0.15, 0.2) is 5.76 Å². The van der Waals surface area contributed by atoms with Gasteiger partial charge >= 0.3 is 0 Å². The van der Waals surface area contributed by atoms with E-state index in [1.54, 1.807) is 43.6 Å². The van der Waals surface area contributed by atoms with Crippen molar-refractivity contribution in [2.24, 2.45) is 0 Å². The Bertz CT molecular complexity index is 770. The molecule has 5 heteroatoms. The Balaban J connectivity index is 1.99. The molecular weight excluding hydrogens is 279 g/mol. The van der Waals surface area contributed by atoms with Gasteiger partial charge in [0.2, 0.25) is 0 Å². The lowest BCUT2D eigenvalue weighted by molar-refractivity contribution is 0.435. The van der Waals surface area contributed by atoms with Gasteiger partial charge in [-0.15, -0.1) is 0 Å². The van der Waals surface area contributed by atoms with E-state index in [2.05, 4.69) is 10.1 Å². The van der Waals surface area contributed by atoms with E-state index < -0.39 is 0 Å². The minimum Gasteiger partial charge on any atom is -0.356 e. The quantitative estimate of drug-likeness (QED) is 0.696. The molecule has 3 aromatic rings. The number of nitrogens with zero attached hydrogens (tertiary/aromatic N) is 2. The van der Waals surface area contributed by atoms with Gasteiger partial charge in [-0.2, -0.15) is 0 Å². The van der Waals surface area contributed by atoms with Crippen molar-refractivity contribution < 1.29 is 8.91 Å². The number of benzene rings is 1. The van der Waals surface area contributed by atoms with Crippen LogP contribution >= 0.6 is 11.6 Å². The van der Waals surface area contributed by atoms with E-state index >= 15 is 0 Å². The number of aryl methyl sites for hydroxylation is 1. The van der Waals surface area contributed by atoms with Crippen LogP contribution in [0.1, 0.15) is 5.56 Å². The maximum absolute atomic E-state index is 13.3. The second-order valence-corrected chi connectivity index (χ2v) is 4.87. The molecule has 3 nitrogen and oxygen atoms in total. The van der Waals surface area contributed by atoms with E-state index in [0.717, 1.165) is 11.1 Å². The first-order chi connectivity index (χ1) is 9.63. The maximum Gasteiger partial charge on any atom is 0.167 e. The topological polar surface area (TPSA) is 38.9 Å². The molecule has 100 valence electrons. The average Bonchev–Trinajstić information content (AvgIpc) is 2.92. The van der Waals surface area contributed by atoms with Gasteiger partial charge in [-0.3, -0.25) is 4.98 Å². The zero-order valence-corrected chi connectivity index (χ0v) is 11.4. The fourth-order valence-corrected chi connectivity index (χ4v) is 2.07.